The average Bonchev–Trinajstić information content (AvgIpc) is 2.36. The second-order valence-electron chi connectivity index (χ2n) is 4.95. The van der Waals surface area contributed by atoms with Crippen LogP contribution in [0.5, 0.6) is 5.75 Å². The Bertz CT molecular complexity index is 528. The minimum absolute atomic E-state index is 0.157. The monoisotopic (exact) mass is 301 g/mol. The van der Waals surface area contributed by atoms with E-state index in [1.54, 1.807) is 7.11 Å². The first-order chi connectivity index (χ1) is 9.33. The van der Waals surface area contributed by atoms with Crippen LogP contribution in [0.4, 0.5) is 0 Å². The van der Waals surface area contributed by atoms with Crippen LogP contribution in [0.1, 0.15) is 23.7 Å². The molecule has 1 aromatic rings. The Labute approximate surface area is 120 Å². The fourth-order valence-corrected chi connectivity index (χ4v) is 2.59. The van der Waals surface area contributed by atoms with Crippen LogP contribution in [0, 0.1) is 6.92 Å². The van der Waals surface area contributed by atoms with E-state index in [1.807, 2.05) is 25.1 Å². The molecule has 1 aromatic carbocycles. The number of aliphatic hydroxyl groups excluding tert-OH is 1. The zero-order chi connectivity index (χ0) is 15.2. The average molecular weight is 301 g/mol. The maximum absolute atomic E-state index is 11.0. The van der Waals surface area contributed by atoms with Crippen LogP contribution < -0.4 is 10.1 Å². The van der Waals surface area contributed by atoms with Crippen LogP contribution >= 0.6 is 0 Å². The molecule has 6 heteroatoms. The van der Waals surface area contributed by atoms with Gasteiger partial charge >= 0.3 is 0 Å². The summed E-state index contributed by atoms with van der Waals surface area (Å²) in [6.07, 6.45) is 1.08. The zero-order valence-electron chi connectivity index (χ0n) is 12.2. The number of sulfone groups is 1. The van der Waals surface area contributed by atoms with E-state index < -0.39 is 15.9 Å². The second-order valence-corrected chi connectivity index (χ2v) is 7.21. The van der Waals surface area contributed by atoms with Crippen molar-refractivity contribution in [3.05, 3.63) is 29.3 Å². The van der Waals surface area contributed by atoms with Gasteiger partial charge in [-0.25, -0.2) is 8.42 Å². The van der Waals surface area contributed by atoms with Gasteiger partial charge in [0, 0.05) is 18.4 Å². The molecule has 0 heterocycles. The van der Waals surface area contributed by atoms with Crippen LogP contribution in [0.2, 0.25) is 0 Å². The number of aryl methyl sites for hydroxylation is 1. The summed E-state index contributed by atoms with van der Waals surface area (Å²) in [4.78, 5) is 0. The van der Waals surface area contributed by atoms with Gasteiger partial charge in [-0.05, 0) is 32.0 Å². The minimum Gasteiger partial charge on any atom is -0.496 e. The molecule has 1 unspecified atom stereocenters. The number of rotatable bonds is 8. The largest absolute Gasteiger partial charge is 0.496 e. The van der Waals surface area contributed by atoms with Gasteiger partial charge in [-0.1, -0.05) is 11.6 Å². The van der Waals surface area contributed by atoms with Crippen LogP contribution in [0.25, 0.3) is 0 Å². The summed E-state index contributed by atoms with van der Waals surface area (Å²) in [5.74, 6) is 0.810. The summed E-state index contributed by atoms with van der Waals surface area (Å²) < 4.78 is 27.2. The molecule has 5 nitrogen and oxygen atoms in total. The van der Waals surface area contributed by atoms with Crippen molar-refractivity contribution in [2.75, 3.05) is 32.2 Å². The van der Waals surface area contributed by atoms with Crippen molar-refractivity contribution in [3.63, 3.8) is 0 Å². The van der Waals surface area contributed by atoms with Gasteiger partial charge in [0.05, 0.1) is 19.0 Å². The van der Waals surface area contributed by atoms with E-state index >= 15 is 0 Å². The van der Waals surface area contributed by atoms with Gasteiger partial charge in [0.15, 0.2) is 0 Å². The first-order valence-electron chi connectivity index (χ1n) is 6.54. The Kier molecular flexibility index (Phi) is 6.45. The van der Waals surface area contributed by atoms with E-state index in [-0.39, 0.29) is 5.75 Å². The summed E-state index contributed by atoms with van der Waals surface area (Å²) in [6.45, 7) is 2.87. The van der Waals surface area contributed by atoms with E-state index in [0.29, 0.717) is 25.3 Å². The highest BCUT2D eigenvalue weighted by molar-refractivity contribution is 7.90. The minimum atomic E-state index is -2.92. The van der Waals surface area contributed by atoms with Crippen molar-refractivity contribution in [1.29, 1.82) is 0 Å². The molecule has 0 aliphatic rings. The third-order valence-electron chi connectivity index (χ3n) is 2.95. The topological polar surface area (TPSA) is 75.6 Å². The van der Waals surface area contributed by atoms with E-state index in [0.717, 1.165) is 11.1 Å². The lowest BCUT2D eigenvalue weighted by Crippen LogP contribution is -2.24. The molecule has 0 radical (unpaired) electrons. The summed E-state index contributed by atoms with van der Waals surface area (Å²) in [6, 6.07) is 5.65. The molecule has 0 spiro atoms. The van der Waals surface area contributed by atoms with Gasteiger partial charge in [0.1, 0.15) is 15.6 Å². The smallest absolute Gasteiger partial charge is 0.147 e. The highest BCUT2D eigenvalue weighted by Crippen LogP contribution is 2.25. The van der Waals surface area contributed by atoms with Crippen molar-refractivity contribution in [2.24, 2.45) is 0 Å². The molecule has 0 aromatic heterocycles. The van der Waals surface area contributed by atoms with Gasteiger partial charge in [0.2, 0.25) is 0 Å². The zero-order valence-corrected chi connectivity index (χ0v) is 13.0. The molecule has 1 rings (SSSR count). The molecule has 0 saturated carbocycles. The number of methoxy groups -OCH3 is 1. The quantitative estimate of drug-likeness (QED) is 0.702. The molecule has 0 bridgehead atoms. The first-order valence-corrected chi connectivity index (χ1v) is 8.60. The highest BCUT2D eigenvalue weighted by Gasteiger charge is 2.13. The van der Waals surface area contributed by atoms with Gasteiger partial charge in [-0.15, -0.1) is 0 Å². The van der Waals surface area contributed by atoms with Crippen molar-refractivity contribution < 1.29 is 18.3 Å². The third-order valence-corrected chi connectivity index (χ3v) is 3.98. The van der Waals surface area contributed by atoms with Gasteiger partial charge in [-0.2, -0.15) is 0 Å². The highest BCUT2D eigenvalue weighted by atomic mass is 32.2. The van der Waals surface area contributed by atoms with Crippen molar-refractivity contribution in [3.8, 4) is 5.75 Å². The Morgan fingerprint density at radius 2 is 2.10 bits per heavy atom. The van der Waals surface area contributed by atoms with Crippen molar-refractivity contribution in [1.82, 2.24) is 5.32 Å². The number of hydrogen-bond donors (Lipinski definition) is 2. The first kappa shape index (κ1) is 16.9. The molecule has 2 N–H and O–H groups in total. The van der Waals surface area contributed by atoms with Crippen molar-refractivity contribution in [2.45, 2.75) is 19.4 Å². The predicted molar refractivity (Wildman–Crippen MR) is 79.9 cm³/mol. The fourth-order valence-electron chi connectivity index (χ4n) is 1.92. The SMILES string of the molecule is COc1ccc(C)cc1C(O)CNCCCS(C)(=O)=O. The Balaban J connectivity index is 2.47. The molecule has 0 fully saturated rings. The summed E-state index contributed by atoms with van der Waals surface area (Å²) in [7, 11) is -1.35. The molecule has 0 aliphatic heterocycles. The van der Waals surface area contributed by atoms with E-state index in [2.05, 4.69) is 5.32 Å². The molecule has 1 atom stereocenters. The molecule has 20 heavy (non-hydrogen) atoms. The number of ether oxygens (including phenoxy) is 1. The molecule has 0 aliphatic carbocycles. The lowest BCUT2D eigenvalue weighted by atomic mass is 10.1. The Hall–Kier alpha value is -1.11. The summed E-state index contributed by atoms with van der Waals surface area (Å²) in [5, 5.41) is 13.2. The van der Waals surface area contributed by atoms with Crippen LogP contribution in [-0.2, 0) is 9.84 Å². The normalized spacial score (nSPS) is 13.2. The molecule has 0 saturated heterocycles. The summed E-state index contributed by atoms with van der Waals surface area (Å²) >= 11 is 0. The number of nitrogens with one attached hydrogen (secondary N) is 1. The predicted octanol–water partition coefficient (Wildman–Crippen LogP) is 1.06. The Morgan fingerprint density at radius 3 is 2.70 bits per heavy atom. The number of aliphatic hydroxyl groups is 1. The molecule has 114 valence electrons. The lowest BCUT2D eigenvalue weighted by Gasteiger charge is -2.16. The summed E-state index contributed by atoms with van der Waals surface area (Å²) in [5.41, 5.74) is 1.79. The van der Waals surface area contributed by atoms with Gasteiger partial charge in [-0.3, -0.25) is 0 Å². The Morgan fingerprint density at radius 1 is 1.40 bits per heavy atom. The van der Waals surface area contributed by atoms with Crippen LogP contribution in [0.3, 0.4) is 0 Å². The second kappa shape index (κ2) is 7.61. The van der Waals surface area contributed by atoms with Crippen LogP contribution in [0.15, 0.2) is 18.2 Å². The fraction of sp³-hybridized carbons (Fsp3) is 0.571. The molecular formula is C14H23NO4S. The standard InChI is InChI=1S/C14H23NO4S/c1-11-5-6-14(19-2)12(9-11)13(16)10-15-7-4-8-20(3,17)18/h5-6,9,13,15-16H,4,7-8,10H2,1-3H3. The molecular weight excluding hydrogens is 278 g/mol. The van der Waals surface area contributed by atoms with Gasteiger partial charge < -0.3 is 15.2 Å². The number of hydrogen-bond acceptors (Lipinski definition) is 5. The van der Waals surface area contributed by atoms with Crippen molar-refractivity contribution >= 4 is 9.84 Å². The van der Waals surface area contributed by atoms with E-state index in [4.69, 9.17) is 4.74 Å². The molecule has 0 amide bonds. The van der Waals surface area contributed by atoms with E-state index in [1.165, 1.54) is 6.26 Å². The number of benzene rings is 1. The maximum Gasteiger partial charge on any atom is 0.147 e. The maximum atomic E-state index is 11.0. The lowest BCUT2D eigenvalue weighted by molar-refractivity contribution is 0.170. The third kappa shape index (κ3) is 5.90. The van der Waals surface area contributed by atoms with E-state index in [9.17, 15) is 13.5 Å². The van der Waals surface area contributed by atoms with Crippen LogP contribution in [-0.4, -0.2) is 45.7 Å². The van der Waals surface area contributed by atoms with Gasteiger partial charge in [0.25, 0.3) is 0 Å².